The SMILES string of the molecule is CCNc1ccc(C(C)C)c(N2C(=O)CS/C2=N\C(=O)Nc2ccc(-c3ncn(-c4ccc(OC(F)(F)F)cc4)n3)cc2C)c1. The summed E-state index contributed by atoms with van der Waals surface area (Å²) in [6.07, 6.45) is -3.33. The van der Waals surface area contributed by atoms with Gasteiger partial charge in [0.1, 0.15) is 12.1 Å². The lowest BCUT2D eigenvalue weighted by atomic mass is 10.00. The summed E-state index contributed by atoms with van der Waals surface area (Å²) in [5, 5.41) is 10.8. The van der Waals surface area contributed by atoms with Crippen LogP contribution in [0.5, 0.6) is 5.75 Å². The van der Waals surface area contributed by atoms with Crippen LogP contribution in [-0.2, 0) is 4.79 Å². The van der Waals surface area contributed by atoms with Crippen LogP contribution in [-0.4, -0.2) is 50.5 Å². The average molecular weight is 638 g/mol. The van der Waals surface area contributed by atoms with Crippen LogP contribution in [0, 0.1) is 6.92 Å². The second-order valence-electron chi connectivity index (χ2n) is 10.4. The standard InChI is InChI=1S/C31H30F3N7O3S/c1-5-35-21-7-12-24(18(2)3)26(15-21)41-27(42)16-45-30(41)38-29(43)37-25-13-6-20(14-19(25)4)28-36-17-40(39-28)22-8-10-23(11-9-22)44-31(32,33)34/h6-15,17-18,35H,5,16H2,1-4H3,(H,37,43)/b38-30-. The number of benzene rings is 3. The largest absolute Gasteiger partial charge is 0.573 e. The van der Waals surface area contributed by atoms with Crippen LogP contribution in [0.4, 0.5) is 35.0 Å². The average Bonchev–Trinajstić information content (AvgIpc) is 3.61. The maximum absolute atomic E-state index is 13.0. The minimum Gasteiger partial charge on any atom is -0.406 e. The molecule has 1 aliphatic rings. The van der Waals surface area contributed by atoms with Crippen molar-refractivity contribution in [3.05, 3.63) is 78.1 Å². The summed E-state index contributed by atoms with van der Waals surface area (Å²) in [6.45, 7) is 8.61. The zero-order chi connectivity index (χ0) is 32.3. The Morgan fingerprint density at radius 1 is 1.11 bits per heavy atom. The highest BCUT2D eigenvalue weighted by Crippen LogP contribution is 2.35. The fraction of sp³-hybridized carbons (Fsp3) is 0.258. The van der Waals surface area contributed by atoms with Crippen LogP contribution in [0.2, 0.25) is 0 Å². The van der Waals surface area contributed by atoms with Crippen LogP contribution in [0.15, 0.2) is 72.0 Å². The number of aliphatic imine (C=N–C) groups is 1. The molecule has 0 atom stereocenters. The number of alkyl halides is 3. The normalized spacial score (nSPS) is 14.4. The van der Waals surface area contributed by atoms with Gasteiger partial charge in [-0.3, -0.25) is 9.69 Å². The second kappa shape index (κ2) is 13.0. The summed E-state index contributed by atoms with van der Waals surface area (Å²) >= 11 is 1.21. The van der Waals surface area contributed by atoms with E-state index in [-0.39, 0.29) is 23.3 Å². The van der Waals surface area contributed by atoms with Crippen molar-refractivity contribution >= 4 is 45.9 Å². The van der Waals surface area contributed by atoms with Gasteiger partial charge in [-0.15, -0.1) is 18.3 Å². The minimum absolute atomic E-state index is 0.143. The van der Waals surface area contributed by atoms with Gasteiger partial charge >= 0.3 is 12.4 Å². The van der Waals surface area contributed by atoms with E-state index in [0.717, 1.165) is 23.4 Å². The molecule has 0 saturated carbocycles. The number of ether oxygens (including phenoxy) is 1. The molecule has 0 radical (unpaired) electrons. The Balaban J connectivity index is 1.31. The van der Waals surface area contributed by atoms with Gasteiger partial charge in [0.2, 0.25) is 5.91 Å². The van der Waals surface area contributed by atoms with Crippen LogP contribution < -0.4 is 20.3 Å². The van der Waals surface area contributed by atoms with Crippen molar-refractivity contribution < 1.29 is 27.5 Å². The Morgan fingerprint density at radius 3 is 2.53 bits per heavy atom. The van der Waals surface area contributed by atoms with Gasteiger partial charge in [-0.25, -0.2) is 14.5 Å². The van der Waals surface area contributed by atoms with Crippen LogP contribution in [0.25, 0.3) is 17.1 Å². The van der Waals surface area contributed by atoms with Crippen molar-refractivity contribution in [1.29, 1.82) is 0 Å². The van der Waals surface area contributed by atoms with Crippen LogP contribution >= 0.6 is 11.8 Å². The number of aryl methyl sites for hydroxylation is 1. The Labute approximate surface area is 261 Å². The first kappa shape index (κ1) is 31.6. The first-order valence-corrected chi connectivity index (χ1v) is 15.0. The maximum Gasteiger partial charge on any atom is 0.573 e. The van der Waals surface area contributed by atoms with Gasteiger partial charge in [0.15, 0.2) is 11.0 Å². The highest BCUT2D eigenvalue weighted by molar-refractivity contribution is 8.15. The van der Waals surface area contributed by atoms with Gasteiger partial charge in [-0.2, -0.15) is 4.99 Å². The summed E-state index contributed by atoms with van der Waals surface area (Å²) in [5.74, 6) is 0.206. The molecular weight excluding hydrogens is 607 g/mol. The van der Waals surface area contributed by atoms with Gasteiger partial charge in [-0.05, 0) is 85.5 Å². The molecule has 1 saturated heterocycles. The molecule has 0 unspecified atom stereocenters. The van der Waals surface area contributed by atoms with E-state index in [2.05, 4.69) is 30.4 Å². The molecule has 1 aliphatic heterocycles. The molecule has 1 fully saturated rings. The highest BCUT2D eigenvalue weighted by Gasteiger charge is 2.33. The van der Waals surface area contributed by atoms with Gasteiger partial charge in [-0.1, -0.05) is 31.7 Å². The van der Waals surface area contributed by atoms with Gasteiger partial charge in [0, 0.05) is 23.5 Å². The number of hydrogen-bond donors (Lipinski definition) is 2. The number of carbonyl (C=O) groups is 2. The molecule has 0 spiro atoms. The third kappa shape index (κ3) is 7.45. The van der Waals surface area contributed by atoms with E-state index in [9.17, 15) is 22.8 Å². The molecule has 0 bridgehead atoms. The molecule has 45 heavy (non-hydrogen) atoms. The van der Waals surface area contributed by atoms with Gasteiger partial charge in [0.05, 0.1) is 17.1 Å². The molecule has 2 heterocycles. The molecule has 3 amide bonds. The molecule has 4 aromatic rings. The first-order chi connectivity index (χ1) is 21.4. The van der Waals surface area contributed by atoms with Crippen molar-refractivity contribution in [1.82, 2.24) is 14.8 Å². The lowest BCUT2D eigenvalue weighted by molar-refractivity contribution is -0.274. The summed E-state index contributed by atoms with van der Waals surface area (Å²) < 4.78 is 42.7. The van der Waals surface area contributed by atoms with E-state index in [1.165, 1.54) is 51.9 Å². The number of nitrogens with one attached hydrogen (secondary N) is 2. The number of hydrogen-bond acceptors (Lipinski definition) is 7. The van der Waals surface area contributed by atoms with E-state index in [1.807, 2.05) is 45.9 Å². The van der Waals surface area contributed by atoms with Gasteiger partial charge in [0.25, 0.3) is 0 Å². The zero-order valence-corrected chi connectivity index (χ0v) is 25.7. The van der Waals surface area contributed by atoms with Crippen LogP contribution in [0.3, 0.4) is 0 Å². The Bertz CT molecular complexity index is 1750. The monoisotopic (exact) mass is 637 g/mol. The topological polar surface area (TPSA) is 114 Å². The summed E-state index contributed by atoms with van der Waals surface area (Å²) in [7, 11) is 0. The lowest BCUT2D eigenvalue weighted by Gasteiger charge is -2.23. The second-order valence-corrected chi connectivity index (χ2v) is 11.3. The molecule has 3 aromatic carbocycles. The number of nitrogens with zero attached hydrogens (tertiary/aromatic N) is 5. The van der Waals surface area contributed by atoms with Crippen molar-refractivity contribution in [3.8, 4) is 22.8 Å². The van der Waals surface area contributed by atoms with Crippen molar-refractivity contribution in [2.24, 2.45) is 4.99 Å². The highest BCUT2D eigenvalue weighted by atomic mass is 32.2. The molecule has 10 nitrogen and oxygen atoms in total. The van der Waals surface area contributed by atoms with E-state index in [0.29, 0.717) is 33.6 Å². The van der Waals surface area contributed by atoms with E-state index in [4.69, 9.17) is 0 Å². The number of aromatic nitrogens is 3. The predicted octanol–water partition coefficient (Wildman–Crippen LogP) is 7.36. The van der Waals surface area contributed by atoms with Crippen molar-refractivity contribution in [3.63, 3.8) is 0 Å². The number of halogens is 3. The predicted molar refractivity (Wildman–Crippen MR) is 169 cm³/mol. The van der Waals surface area contributed by atoms with Gasteiger partial charge < -0.3 is 15.4 Å². The molecule has 14 heteroatoms. The number of amidine groups is 1. The smallest absolute Gasteiger partial charge is 0.406 e. The Hall–Kier alpha value is -4.85. The Morgan fingerprint density at radius 2 is 1.87 bits per heavy atom. The van der Waals surface area contributed by atoms with E-state index in [1.54, 1.807) is 18.2 Å². The molecule has 5 rings (SSSR count). The third-order valence-corrected chi connectivity index (χ3v) is 7.71. The molecule has 0 aliphatic carbocycles. The molecule has 234 valence electrons. The quantitative estimate of drug-likeness (QED) is 0.207. The summed E-state index contributed by atoms with van der Waals surface area (Å²) in [5.41, 5.74) is 4.93. The lowest BCUT2D eigenvalue weighted by Crippen LogP contribution is -2.31. The van der Waals surface area contributed by atoms with E-state index >= 15 is 0 Å². The fourth-order valence-corrected chi connectivity index (χ4v) is 5.57. The summed E-state index contributed by atoms with van der Waals surface area (Å²) in [4.78, 5) is 36.1. The maximum atomic E-state index is 13.0. The fourth-order valence-electron chi connectivity index (χ4n) is 4.71. The molecule has 2 N–H and O–H groups in total. The van der Waals surface area contributed by atoms with Crippen LogP contribution in [0.1, 0.15) is 37.8 Å². The number of rotatable bonds is 8. The number of thioether (sulfide) groups is 1. The van der Waals surface area contributed by atoms with Crippen molar-refractivity contribution in [2.45, 2.75) is 40.0 Å². The number of urea groups is 1. The third-order valence-electron chi connectivity index (χ3n) is 6.79. The number of carbonyl (C=O) groups excluding carboxylic acids is 2. The Kier molecular flexibility index (Phi) is 9.14. The van der Waals surface area contributed by atoms with Crippen molar-refractivity contribution in [2.75, 3.05) is 27.8 Å². The molecule has 1 aromatic heterocycles. The summed E-state index contributed by atoms with van der Waals surface area (Å²) in [6, 6.07) is 15.7. The zero-order valence-electron chi connectivity index (χ0n) is 24.8. The first-order valence-electron chi connectivity index (χ1n) is 14.0. The minimum atomic E-state index is -4.77. The number of anilines is 3. The number of amides is 3. The van der Waals surface area contributed by atoms with E-state index < -0.39 is 12.4 Å². The molecular formula is C31H30F3N7O3S.